The van der Waals surface area contributed by atoms with Gasteiger partial charge in [-0.1, -0.05) is 29.3 Å². The number of nitrogens with one attached hydrogen (secondary N) is 1. The molecule has 0 saturated heterocycles. The molecule has 0 aliphatic carbocycles. The molecule has 0 fully saturated rings. The van der Waals surface area contributed by atoms with Gasteiger partial charge in [-0.15, -0.1) is 0 Å². The van der Waals surface area contributed by atoms with Gasteiger partial charge in [-0.05, 0) is 44.0 Å². The zero-order chi connectivity index (χ0) is 12.1. The van der Waals surface area contributed by atoms with E-state index < -0.39 is 0 Å². The van der Waals surface area contributed by atoms with Crippen LogP contribution in [-0.2, 0) is 0 Å². The Balaban J connectivity index is 2.69. The van der Waals surface area contributed by atoms with Crippen LogP contribution in [-0.4, -0.2) is 11.9 Å². The quantitative estimate of drug-likeness (QED) is 0.898. The highest BCUT2D eigenvalue weighted by molar-refractivity contribution is 9.10. The van der Waals surface area contributed by atoms with Gasteiger partial charge in [0, 0.05) is 16.1 Å². The van der Waals surface area contributed by atoms with Crippen LogP contribution in [0, 0.1) is 6.92 Å². The molecule has 1 unspecified atom stereocenters. The Morgan fingerprint density at radius 2 is 2.19 bits per heavy atom. The van der Waals surface area contributed by atoms with E-state index in [1.807, 2.05) is 32.0 Å². The van der Waals surface area contributed by atoms with Crippen LogP contribution in [0.15, 0.2) is 22.7 Å². The van der Waals surface area contributed by atoms with Gasteiger partial charge in [0.2, 0.25) is 0 Å². The second-order valence-corrected chi connectivity index (χ2v) is 4.98. The molecular weight excluding hydrogens is 266 g/mol. The van der Waals surface area contributed by atoms with Crippen molar-refractivity contribution < 1.29 is 4.79 Å². The third-order valence-corrected chi connectivity index (χ3v) is 3.41. The molecule has 0 bridgehead atoms. The van der Waals surface area contributed by atoms with Gasteiger partial charge in [0.15, 0.2) is 0 Å². The summed E-state index contributed by atoms with van der Waals surface area (Å²) >= 11 is 3.42. The van der Waals surface area contributed by atoms with E-state index in [-0.39, 0.29) is 11.9 Å². The molecule has 0 radical (unpaired) electrons. The first-order chi connectivity index (χ1) is 7.54. The Kier molecular flexibility index (Phi) is 5.00. The number of rotatable bonds is 4. The summed E-state index contributed by atoms with van der Waals surface area (Å²) in [6.45, 7) is 6.13. The number of carbonyl (C=O) groups is 1. The van der Waals surface area contributed by atoms with Crippen LogP contribution in [0.4, 0.5) is 0 Å². The van der Waals surface area contributed by atoms with Crippen molar-refractivity contribution in [3.63, 3.8) is 0 Å². The second-order valence-electron chi connectivity index (χ2n) is 4.13. The van der Waals surface area contributed by atoms with Crippen LogP contribution in [0.25, 0.3) is 0 Å². The van der Waals surface area contributed by atoms with Crippen LogP contribution in [0.1, 0.15) is 42.6 Å². The summed E-state index contributed by atoms with van der Waals surface area (Å²) in [7, 11) is 0. The minimum Gasteiger partial charge on any atom is -0.350 e. The van der Waals surface area contributed by atoms with Gasteiger partial charge in [0.25, 0.3) is 5.91 Å². The Morgan fingerprint density at radius 3 is 2.75 bits per heavy atom. The van der Waals surface area contributed by atoms with E-state index in [4.69, 9.17) is 0 Å². The van der Waals surface area contributed by atoms with Crippen LogP contribution in [0.3, 0.4) is 0 Å². The van der Waals surface area contributed by atoms with Crippen molar-refractivity contribution >= 4 is 21.8 Å². The van der Waals surface area contributed by atoms with Gasteiger partial charge in [-0.25, -0.2) is 0 Å². The maximum atomic E-state index is 11.9. The van der Waals surface area contributed by atoms with E-state index in [0.29, 0.717) is 0 Å². The largest absolute Gasteiger partial charge is 0.350 e. The molecule has 2 nitrogen and oxygen atoms in total. The Bertz CT molecular complexity index is 376. The molecule has 0 aromatic heterocycles. The van der Waals surface area contributed by atoms with Crippen molar-refractivity contribution in [2.45, 2.75) is 39.7 Å². The summed E-state index contributed by atoms with van der Waals surface area (Å²) < 4.78 is 1.03. The number of amides is 1. The Labute approximate surface area is 106 Å². The molecule has 0 aliphatic heterocycles. The van der Waals surface area contributed by atoms with Gasteiger partial charge >= 0.3 is 0 Å². The first-order valence-electron chi connectivity index (χ1n) is 5.61. The predicted octanol–water partition coefficient (Wildman–Crippen LogP) is 3.68. The van der Waals surface area contributed by atoms with Crippen LogP contribution in [0.2, 0.25) is 0 Å². The summed E-state index contributed by atoms with van der Waals surface area (Å²) in [4.78, 5) is 11.9. The highest BCUT2D eigenvalue weighted by atomic mass is 79.9. The van der Waals surface area contributed by atoms with E-state index >= 15 is 0 Å². The smallest absolute Gasteiger partial charge is 0.251 e. The van der Waals surface area contributed by atoms with E-state index in [2.05, 4.69) is 28.2 Å². The lowest BCUT2D eigenvalue weighted by Gasteiger charge is -2.13. The minimum absolute atomic E-state index is 0.0107. The normalized spacial score (nSPS) is 12.2. The molecule has 1 aromatic carbocycles. The molecule has 0 aliphatic rings. The van der Waals surface area contributed by atoms with Gasteiger partial charge in [-0.2, -0.15) is 0 Å². The van der Waals surface area contributed by atoms with Crippen molar-refractivity contribution in [2.24, 2.45) is 0 Å². The zero-order valence-electron chi connectivity index (χ0n) is 10.0. The number of halogens is 1. The fourth-order valence-corrected chi connectivity index (χ4v) is 1.84. The van der Waals surface area contributed by atoms with E-state index in [0.717, 1.165) is 28.4 Å². The SMILES string of the molecule is CCCC(C)NC(=O)c1ccc(Br)c(C)c1. The molecule has 3 heteroatoms. The fraction of sp³-hybridized carbons (Fsp3) is 0.462. The fourth-order valence-electron chi connectivity index (χ4n) is 1.60. The van der Waals surface area contributed by atoms with Crippen molar-refractivity contribution in [2.75, 3.05) is 0 Å². The molecular formula is C13H18BrNO. The molecule has 1 amide bonds. The summed E-state index contributed by atoms with van der Waals surface area (Å²) in [5.41, 5.74) is 1.81. The standard InChI is InChI=1S/C13H18BrNO/c1-4-5-10(3)15-13(16)11-6-7-12(14)9(2)8-11/h6-8,10H,4-5H2,1-3H3,(H,15,16). The van der Waals surface area contributed by atoms with E-state index in [1.165, 1.54) is 0 Å². The second kappa shape index (κ2) is 6.04. The number of benzene rings is 1. The molecule has 0 spiro atoms. The summed E-state index contributed by atoms with van der Waals surface area (Å²) in [5, 5.41) is 2.99. The van der Waals surface area contributed by atoms with Crippen molar-refractivity contribution in [1.82, 2.24) is 5.32 Å². The third-order valence-electron chi connectivity index (χ3n) is 2.52. The van der Waals surface area contributed by atoms with Gasteiger partial charge in [-0.3, -0.25) is 4.79 Å². The number of hydrogen-bond acceptors (Lipinski definition) is 1. The summed E-state index contributed by atoms with van der Waals surface area (Å²) in [6.07, 6.45) is 2.10. The molecule has 0 saturated carbocycles. The minimum atomic E-state index is 0.0107. The highest BCUT2D eigenvalue weighted by Crippen LogP contribution is 2.17. The van der Waals surface area contributed by atoms with Gasteiger partial charge < -0.3 is 5.32 Å². The lowest BCUT2D eigenvalue weighted by molar-refractivity contribution is 0.0938. The molecule has 0 heterocycles. The van der Waals surface area contributed by atoms with Gasteiger partial charge in [0.05, 0.1) is 0 Å². The molecule has 1 N–H and O–H groups in total. The Morgan fingerprint density at radius 1 is 1.50 bits per heavy atom. The lowest BCUT2D eigenvalue weighted by atomic mass is 10.1. The van der Waals surface area contributed by atoms with Crippen molar-refractivity contribution in [3.05, 3.63) is 33.8 Å². The molecule has 16 heavy (non-hydrogen) atoms. The van der Waals surface area contributed by atoms with E-state index in [1.54, 1.807) is 0 Å². The first-order valence-corrected chi connectivity index (χ1v) is 6.41. The topological polar surface area (TPSA) is 29.1 Å². The maximum Gasteiger partial charge on any atom is 0.251 e. The number of carbonyl (C=O) groups excluding carboxylic acids is 1. The van der Waals surface area contributed by atoms with Crippen LogP contribution >= 0.6 is 15.9 Å². The molecule has 1 aromatic rings. The van der Waals surface area contributed by atoms with Crippen LogP contribution in [0.5, 0.6) is 0 Å². The monoisotopic (exact) mass is 283 g/mol. The predicted molar refractivity (Wildman–Crippen MR) is 70.7 cm³/mol. The third kappa shape index (κ3) is 3.63. The molecule has 88 valence electrons. The lowest BCUT2D eigenvalue weighted by Crippen LogP contribution is -2.32. The van der Waals surface area contributed by atoms with Crippen molar-refractivity contribution in [1.29, 1.82) is 0 Å². The van der Waals surface area contributed by atoms with Crippen molar-refractivity contribution in [3.8, 4) is 0 Å². The van der Waals surface area contributed by atoms with Crippen LogP contribution < -0.4 is 5.32 Å². The maximum absolute atomic E-state index is 11.9. The average molecular weight is 284 g/mol. The zero-order valence-corrected chi connectivity index (χ0v) is 11.6. The summed E-state index contributed by atoms with van der Waals surface area (Å²) in [6, 6.07) is 5.89. The highest BCUT2D eigenvalue weighted by Gasteiger charge is 2.09. The average Bonchev–Trinajstić information content (AvgIpc) is 2.22. The Hall–Kier alpha value is -0.830. The first kappa shape index (κ1) is 13.2. The van der Waals surface area contributed by atoms with E-state index in [9.17, 15) is 4.79 Å². The number of aryl methyl sites for hydroxylation is 1. The molecule has 1 atom stereocenters. The summed E-state index contributed by atoms with van der Waals surface area (Å²) in [5.74, 6) is 0.0107. The van der Waals surface area contributed by atoms with Gasteiger partial charge in [0.1, 0.15) is 0 Å². The number of hydrogen-bond donors (Lipinski definition) is 1. The molecule has 1 rings (SSSR count).